The van der Waals surface area contributed by atoms with Crippen LogP contribution < -0.4 is 0 Å². The van der Waals surface area contributed by atoms with Crippen LogP contribution in [0.3, 0.4) is 0 Å². The average Bonchev–Trinajstić information content (AvgIpc) is 2.94. The summed E-state index contributed by atoms with van der Waals surface area (Å²) in [4.78, 5) is 0.905. The summed E-state index contributed by atoms with van der Waals surface area (Å²) in [5.74, 6) is 0. The zero-order valence-corrected chi connectivity index (χ0v) is 10.9. The summed E-state index contributed by atoms with van der Waals surface area (Å²) in [6.45, 7) is 9.00. The summed E-state index contributed by atoms with van der Waals surface area (Å²) < 4.78 is 15.0. The molecule has 1 aliphatic rings. The van der Waals surface area contributed by atoms with Gasteiger partial charge in [0.2, 0.25) is 0 Å². The van der Waals surface area contributed by atoms with Crippen LogP contribution in [-0.2, 0) is 26.4 Å². The van der Waals surface area contributed by atoms with Crippen molar-refractivity contribution in [3.8, 4) is 0 Å². The van der Waals surface area contributed by atoms with Crippen LogP contribution >= 0.6 is 12.6 Å². The molecule has 2 nitrogen and oxygen atoms in total. The first kappa shape index (κ1) is 21.7. The molecule has 4 heteroatoms. The summed E-state index contributed by atoms with van der Waals surface area (Å²) in [7, 11) is 0. The second-order valence-corrected chi connectivity index (χ2v) is 2.75. The van der Waals surface area contributed by atoms with Crippen LogP contribution in [0.4, 0.5) is 0 Å². The molecule has 87 valence electrons. The Hall–Kier alpha value is -0.561. The fourth-order valence-corrected chi connectivity index (χ4v) is 0.898. The first-order valence-corrected chi connectivity index (χ1v) is 4.60. The molecule has 1 fully saturated rings. The molecule has 1 aromatic carbocycles. The van der Waals surface area contributed by atoms with Crippen LogP contribution in [0, 0.1) is 45.4 Å². The molecule has 0 amide bonds. The molecule has 0 aliphatic heterocycles. The largest absolute Gasteiger partial charge is 0.0801 e. The van der Waals surface area contributed by atoms with Crippen molar-refractivity contribution in [1.29, 1.82) is 0 Å². The van der Waals surface area contributed by atoms with E-state index >= 15 is 0 Å². The van der Waals surface area contributed by atoms with Gasteiger partial charge >= 0.3 is 22.6 Å². The topological polar surface area (TPSA) is 39.8 Å². The molecule has 1 aliphatic carbocycles. The van der Waals surface area contributed by atoms with Crippen molar-refractivity contribution >= 4 is 12.6 Å². The van der Waals surface area contributed by atoms with Crippen molar-refractivity contribution in [3.05, 3.63) is 75.7 Å². The molecule has 0 aromatic heterocycles. The molecular formula is C13H10MnO2S. The maximum Gasteiger partial charge on any atom is 0.0377 e. The number of hydrogen-bond donors (Lipinski definition) is 0. The van der Waals surface area contributed by atoms with E-state index in [-0.39, 0.29) is 17.1 Å². The van der Waals surface area contributed by atoms with Crippen LogP contribution in [0.2, 0.25) is 0 Å². The molecule has 0 unspecified atom stereocenters. The maximum absolute atomic E-state index is 7.50. The van der Waals surface area contributed by atoms with Crippen LogP contribution in [0.1, 0.15) is 0 Å². The van der Waals surface area contributed by atoms with Gasteiger partial charge in [0.1, 0.15) is 0 Å². The summed E-state index contributed by atoms with van der Waals surface area (Å²) in [5.41, 5.74) is 0. The van der Waals surface area contributed by atoms with Gasteiger partial charge in [-0.15, -0.1) is 0 Å². The SMILES string of the molecule is [C-]#[O+].[C-]#[O+].[CH]1[CH][CH][CH][CH]1.[Mn].[S]c1ccccc1. The first-order chi connectivity index (χ1) is 7.89. The van der Waals surface area contributed by atoms with E-state index in [1.165, 1.54) is 0 Å². The van der Waals surface area contributed by atoms with Gasteiger partial charge in [-0.1, -0.05) is 30.8 Å². The van der Waals surface area contributed by atoms with E-state index in [2.05, 4.69) is 13.3 Å². The number of benzene rings is 1. The van der Waals surface area contributed by atoms with Gasteiger partial charge < -0.3 is 0 Å². The van der Waals surface area contributed by atoms with E-state index < -0.39 is 0 Å². The molecule has 1 saturated carbocycles. The van der Waals surface area contributed by atoms with E-state index in [1.807, 2.05) is 62.4 Å². The Morgan fingerprint density at radius 1 is 0.706 bits per heavy atom. The molecule has 1 aromatic rings. The van der Waals surface area contributed by atoms with Crippen LogP contribution in [0.25, 0.3) is 0 Å². The molecule has 0 bridgehead atoms. The molecular weight excluding hydrogens is 275 g/mol. The Morgan fingerprint density at radius 2 is 1.00 bits per heavy atom. The molecule has 0 atom stereocenters. The van der Waals surface area contributed by atoms with Crippen molar-refractivity contribution in [2.45, 2.75) is 4.90 Å². The third kappa shape index (κ3) is 18.0. The van der Waals surface area contributed by atoms with Crippen LogP contribution in [-0.4, -0.2) is 0 Å². The summed E-state index contributed by atoms with van der Waals surface area (Å²) in [5, 5.41) is 0. The summed E-state index contributed by atoms with van der Waals surface area (Å²) >= 11 is 4.81. The quantitative estimate of drug-likeness (QED) is 0.399. The summed E-state index contributed by atoms with van der Waals surface area (Å²) in [6, 6.07) is 9.62. The standard InChI is InChI=1S/C6H5S.C5H5.2CO.Mn/c7-6-4-2-1-3-5-6;1-2-4-5-3-1;2*1-2;/h1-5H;1-5H;;;. The molecule has 7 radical (unpaired) electrons. The van der Waals surface area contributed by atoms with Gasteiger partial charge in [-0.25, -0.2) is 0 Å². The molecule has 17 heavy (non-hydrogen) atoms. The minimum Gasteiger partial charge on any atom is -0.0801 e. The van der Waals surface area contributed by atoms with Gasteiger partial charge in [-0.3, -0.25) is 0 Å². The van der Waals surface area contributed by atoms with Crippen molar-refractivity contribution in [1.82, 2.24) is 0 Å². The van der Waals surface area contributed by atoms with Crippen molar-refractivity contribution < 1.29 is 26.4 Å². The fourth-order valence-electron chi connectivity index (χ4n) is 0.741. The zero-order chi connectivity index (χ0) is 12.6. The predicted octanol–water partition coefficient (Wildman–Crippen LogP) is 3.19. The van der Waals surface area contributed by atoms with Gasteiger partial charge in [-0.05, 0) is 44.2 Å². The smallest absolute Gasteiger partial charge is 0.0377 e. The molecule has 0 spiro atoms. The van der Waals surface area contributed by atoms with Crippen molar-refractivity contribution in [3.63, 3.8) is 0 Å². The fraction of sp³-hybridized carbons (Fsp3) is 0. The monoisotopic (exact) mass is 285 g/mol. The molecule has 2 rings (SSSR count). The van der Waals surface area contributed by atoms with Crippen LogP contribution in [0.15, 0.2) is 35.2 Å². The normalized spacial score (nSPS) is 10.8. The van der Waals surface area contributed by atoms with Gasteiger partial charge in [0.15, 0.2) is 0 Å². The maximum atomic E-state index is 7.50. The first-order valence-electron chi connectivity index (χ1n) is 4.19. The summed E-state index contributed by atoms with van der Waals surface area (Å²) in [6.07, 6.45) is 10.0. The molecule has 0 heterocycles. The Kier molecular flexibility index (Phi) is 26.6. The Labute approximate surface area is 120 Å². The Bertz CT molecular complexity index is 255. The third-order valence-corrected chi connectivity index (χ3v) is 1.57. The van der Waals surface area contributed by atoms with Gasteiger partial charge in [-0.2, -0.15) is 0 Å². The minimum atomic E-state index is 0. The van der Waals surface area contributed by atoms with Gasteiger partial charge in [0.25, 0.3) is 0 Å². The molecule has 0 saturated heterocycles. The van der Waals surface area contributed by atoms with E-state index in [9.17, 15) is 0 Å². The Balaban J connectivity index is -0.000000175. The Morgan fingerprint density at radius 3 is 1.18 bits per heavy atom. The van der Waals surface area contributed by atoms with E-state index in [1.54, 1.807) is 0 Å². The van der Waals surface area contributed by atoms with E-state index in [0.29, 0.717) is 0 Å². The molecule has 0 N–H and O–H groups in total. The minimum absolute atomic E-state index is 0. The second kappa shape index (κ2) is 20.8. The zero-order valence-electron chi connectivity index (χ0n) is 8.88. The van der Waals surface area contributed by atoms with Gasteiger partial charge in [0, 0.05) is 22.0 Å². The van der Waals surface area contributed by atoms with Crippen molar-refractivity contribution in [2.75, 3.05) is 0 Å². The third-order valence-electron chi connectivity index (χ3n) is 1.30. The number of hydrogen-bond acceptors (Lipinski definition) is 0. The van der Waals surface area contributed by atoms with E-state index in [0.717, 1.165) is 4.90 Å². The second-order valence-electron chi connectivity index (χ2n) is 2.28. The van der Waals surface area contributed by atoms with Crippen molar-refractivity contribution in [2.24, 2.45) is 0 Å². The van der Waals surface area contributed by atoms with Gasteiger partial charge in [0.05, 0.1) is 0 Å². The van der Waals surface area contributed by atoms with E-state index in [4.69, 9.17) is 21.9 Å². The predicted molar refractivity (Wildman–Crippen MR) is 61.7 cm³/mol. The van der Waals surface area contributed by atoms with Crippen LogP contribution in [0.5, 0.6) is 0 Å². The number of rotatable bonds is 0. The average molecular weight is 285 g/mol.